The number of allylic oxidation sites excluding steroid dienone is 2. The average molecular weight is 457 g/mol. The Hall–Kier alpha value is -2.71. The van der Waals surface area contributed by atoms with Crippen molar-refractivity contribution >= 4 is 29.3 Å². The number of thiocarbonyl (C=S) groups is 1. The molecule has 1 atom stereocenters. The van der Waals surface area contributed by atoms with Gasteiger partial charge in [0.25, 0.3) is 0 Å². The summed E-state index contributed by atoms with van der Waals surface area (Å²) in [4.78, 5) is 21.5. The van der Waals surface area contributed by atoms with Gasteiger partial charge in [-0.05, 0) is 35.8 Å². The first kappa shape index (κ1) is 23.9. The molecule has 8 heteroatoms. The lowest BCUT2D eigenvalue weighted by Gasteiger charge is -2.35. The minimum atomic E-state index is -0.0625. The van der Waals surface area contributed by atoms with Crippen molar-refractivity contribution in [1.82, 2.24) is 15.1 Å². The predicted molar refractivity (Wildman–Crippen MR) is 132 cm³/mol. The zero-order valence-electron chi connectivity index (χ0n) is 18.6. The van der Waals surface area contributed by atoms with Gasteiger partial charge in [-0.3, -0.25) is 14.7 Å². The molecule has 172 valence electrons. The summed E-state index contributed by atoms with van der Waals surface area (Å²) in [5, 5.41) is 14.4. The largest absolute Gasteiger partial charge is 0.511 e. The lowest BCUT2D eigenvalue weighted by molar-refractivity contribution is -0.116. The van der Waals surface area contributed by atoms with E-state index in [0.29, 0.717) is 31.5 Å². The van der Waals surface area contributed by atoms with Gasteiger partial charge in [0.1, 0.15) is 11.5 Å². The molecule has 0 bridgehead atoms. The maximum atomic E-state index is 12.6. The van der Waals surface area contributed by atoms with Crippen molar-refractivity contribution in [3.05, 3.63) is 53.8 Å². The van der Waals surface area contributed by atoms with Crippen molar-refractivity contribution in [2.45, 2.75) is 18.8 Å². The highest BCUT2D eigenvalue weighted by atomic mass is 32.1. The number of benzene rings is 1. The maximum Gasteiger partial charge on any atom is 0.169 e. The molecule has 0 amide bonds. The van der Waals surface area contributed by atoms with Gasteiger partial charge in [-0.1, -0.05) is 18.2 Å². The molecule has 1 unspecified atom stereocenters. The highest BCUT2D eigenvalue weighted by Crippen LogP contribution is 2.33. The fourth-order valence-electron chi connectivity index (χ4n) is 3.97. The molecule has 7 nitrogen and oxygen atoms in total. The van der Waals surface area contributed by atoms with Gasteiger partial charge in [0.05, 0.1) is 19.2 Å². The summed E-state index contributed by atoms with van der Waals surface area (Å²) >= 11 is 5.39. The molecular weight excluding hydrogens is 424 g/mol. The number of hydrogen-bond acceptors (Lipinski definition) is 6. The lowest BCUT2D eigenvalue weighted by Crippen LogP contribution is -2.52. The zero-order chi connectivity index (χ0) is 22.9. The van der Waals surface area contributed by atoms with E-state index in [1.807, 2.05) is 24.3 Å². The van der Waals surface area contributed by atoms with E-state index in [2.05, 4.69) is 26.7 Å². The maximum absolute atomic E-state index is 12.6. The molecule has 1 aromatic carbocycles. The second kappa shape index (κ2) is 11.8. The first-order valence-electron chi connectivity index (χ1n) is 11.0. The summed E-state index contributed by atoms with van der Waals surface area (Å²) in [5.74, 6) is 0.818. The van der Waals surface area contributed by atoms with Crippen LogP contribution in [0.5, 0.6) is 5.75 Å². The summed E-state index contributed by atoms with van der Waals surface area (Å²) in [5.41, 5.74) is 1.37. The van der Waals surface area contributed by atoms with Crippen molar-refractivity contribution in [2.24, 2.45) is 4.99 Å². The smallest absolute Gasteiger partial charge is 0.169 e. The second-order valence-electron chi connectivity index (χ2n) is 8.00. The summed E-state index contributed by atoms with van der Waals surface area (Å²) in [6.07, 6.45) is 4.16. The number of nitrogens with one attached hydrogen (secondary N) is 1. The van der Waals surface area contributed by atoms with E-state index in [1.165, 1.54) is 0 Å². The second-order valence-corrected chi connectivity index (χ2v) is 8.39. The Morgan fingerprint density at radius 1 is 1.28 bits per heavy atom. The average Bonchev–Trinajstić information content (AvgIpc) is 2.82. The Bertz CT molecular complexity index is 874. The molecule has 1 saturated heterocycles. The monoisotopic (exact) mass is 456 g/mol. The van der Waals surface area contributed by atoms with Gasteiger partial charge in [0, 0.05) is 58.3 Å². The fourth-order valence-corrected chi connectivity index (χ4v) is 4.24. The van der Waals surface area contributed by atoms with Crippen LogP contribution in [-0.4, -0.2) is 84.9 Å². The van der Waals surface area contributed by atoms with Crippen molar-refractivity contribution in [2.75, 3.05) is 52.9 Å². The Balaban J connectivity index is 1.45. The van der Waals surface area contributed by atoms with E-state index in [4.69, 9.17) is 17.0 Å². The molecule has 0 aromatic heterocycles. The van der Waals surface area contributed by atoms with Crippen LogP contribution in [0.4, 0.5) is 0 Å². The van der Waals surface area contributed by atoms with Crippen LogP contribution in [0.2, 0.25) is 0 Å². The van der Waals surface area contributed by atoms with E-state index in [0.717, 1.165) is 49.1 Å². The van der Waals surface area contributed by atoms with Gasteiger partial charge < -0.3 is 20.1 Å². The van der Waals surface area contributed by atoms with Crippen LogP contribution in [0, 0.1) is 0 Å². The van der Waals surface area contributed by atoms with E-state index >= 15 is 0 Å². The van der Waals surface area contributed by atoms with Gasteiger partial charge in [0.15, 0.2) is 10.9 Å². The summed E-state index contributed by atoms with van der Waals surface area (Å²) < 4.78 is 5.18. The van der Waals surface area contributed by atoms with E-state index in [-0.39, 0.29) is 17.5 Å². The number of methoxy groups -OCH3 is 1. The zero-order valence-corrected chi connectivity index (χ0v) is 19.4. The van der Waals surface area contributed by atoms with E-state index in [9.17, 15) is 9.90 Å². The molecule has 3 rings (SSSR count). The molecule has 0 radical (unpaired) electrons. The third kappa shape index (κ3) is 6.40. The van der Waals surface area contributed by atoms with E-state index < -0.39 is 0 Å². The Morgan fingerprint density at radius 3 is 2.62 bits per heavy atom. The first-order valence-corrected chi connectivity index (χ1v) is 11.4. The van der Waals surface area contributed by atoms with Gasteiger partial charge in [0.2, 0.25) is 0 Å². The molecule has 2 aliphatic rings. The Kier molecular flexibility index (Phi) is 8.81. The molecule has 1 aromatic rings. The molecule has 32 heavy (non-hydrogen) atoms. The molecule has 0 saturated carbocycles. The van der Waals surface area contributed by atoms with Crippen LogP contribution in [0.1, 0.15) is 24.3 Å². The lowest BCUT2D eigenvalue weighted by atomic mass is 9.83. The van der Waals surface area contributed by atoms with Crippen LogP contribution < -0.4 is 10.1 Å². The number of nitrogens with zero attached hydrogens (tertiary/aromatic N) is 3. The SMILES string of the molecule is C=CCNC(=S)N1CCN(CCN=CC2=C(O)CC(c3ccc(OC)cc3)CC2=O)CC1. The first-order chi connectivity index (χ1) is 15.5. The molecular formula is C24H32N4O3S. The molecule has 1 aliphatic carbocycles. The van der Waals surface area contributed by atoms with Crippen LogP contribution in [0.15, 0.2) is 53.2 Å². The normalized spacial score (nSPS) is 20.0. The van der Waals surface area contributed by atoms with Crippen LogP contribution in [0.3, 0.4) is 0 Å². The van der Waals surface area contributed by atoms with Gasteiger partial charge >= 0.3 is 0 Å². The fraction of sp³-hybridized carbons (Fsp3) is 0.458. The van der Waals surface area contributed by atoms with Gasteiger partial charge in [-0.25, -0.2) is 0 Å². The number of rotatable bonds is 8. The van der Waals surface area contributed by atoms with Crippen molar-refractivity contribution < 1.29 is 14.6 Å². The predicted octanol–water partition coefficient (Wildman–Crippen LogP) is 2.70. The van der Waals surface area contributed by atoms with E-state index in [1.54, 1.807) is 19.4 Å². The number of aliphatic imine (C=N–C) groups is 1. The molecule has 1 fully saturated rings. The number of aliphatic hydroxyl groups is 1. The highest BCUT2D eigenvalue weighted by Gasteiger charge is 2.27. The number of piperazine rings is 1. The van der Waals surface area contributed by atoms with Crippen LogP contribution in [-0.2, 0) is 4.79 Å². The number of ether oxygens (including phenoxy) is 1. The van der Waals surface area contributed by atoms with Gasteiger partial charge in [-0.15, -0.1) is 6.58 Å². The molecule has 0 spiro atoms. The van der Waals surface area contributed by atoms with Crippen molar-refractivity contribution in [3.8, 4) is 5.75 Å². The molecule has 1 heterocycles. The quantitative estimate of drug-likeness (QED) is 0.354. The summed E-state index contributed by atoms with van der Waals surface area (Å²) in [6.45, 7) is 9.36. The highest BCUT2D eigenvalue weighted by molar-refractivity contribution is 7.80. The summed E-state index contributed by atoms with van der Waals surface area (Å²) in [6, 6.07) is 7.65. The standard InChI is InChI=1S/C24H32N4O3S/c1-3-8-26-24(32)28-13-11-27(12-14-28)10-9-25-17-21-22(29)15-19(16-23(21)30)18-4-6-20(31-2)7-5-18/h3-7,17,19,29H,1,8-16H2,2H3,(H,26,32). The van der Waals surface area contributed by atoms with Crippen LogP contribution in [0.25, 0.3) is 0 Å². The third-order valence-corrected chi connectivity index (χ3v) is 6.30. The molecule has 1 aliphatic heterocycles. The number of carbonyl (C=O) groups is 1. The van der Waals surface area contributed by atoms with Crippen molar-refractivity contribution in [3.63, 3.8) is 0 Å². The van der Waals surface area contributed by atoms with Crippen molar-refractivity contribution in [1.29, 1.82) is 0 Å². The Morgan fingerprint density at radius 2 is 2.00 bits per heavy atom. The minimum absolute atomic E-state index is 0.0195. The topological polar surface area (TPSA) is 77.4 Å². The summed E-state index contributed by atoms with van der Waals surface area (Å²) in [7, 11) is 1.62. The number of hydrogen-bond donors (Lipinski definition) is 2. The Labute approximate surface area is 195 Å². The van der Waals surface area contributed by atoms with Crippen LogP contribution >= 0.6 is 12.2 Å². The van der Waals surface area contributed by atoms with Gasteiger partial charge in [-0.2, -0.15) is 0 Å². The molecule has 2 N–H and O–H groups in total. The number of carbonyl (C=O) groups excluding carboxylic acids is 1. The minimum Gasteiger partial charge on any atom is -0.511 e. The number of ketones is 1. The number of aliphatic hydroxyl groups excluding tert-OH is 1. The third-order valence-electron chi connectivity index (χ3n) is 5.89. The number of Topliss-reactive ketones (excluding diaryl/α,β-unsaturated/α-hetero) is 1.